The molecule has 42 heavy (non-hydrogen) atoms. The average molecular weight is 745 g/mol. The SMILES string of the molecule is F[B-](F)(F)F.[C-]1=[N+](CP(c2ccccc2)c2ccccc2)CCCN1CP(c1ccccc1)c1ccccc1.[Cl-].[Cl-].[Pd]. The minimum atomic E-state index is -6.00. The van der Waals surface area contributed by atoms with E-state index in [1.807, 2.05) is 0 Å². The van der Waals surface area contributed by atoms with E-state index in [-0.39, 0.29) is 45.2 Å². The molecule has 0 saturated heterocycles. The molecule has 1 aliphatic heterocycles. The number of halogens is 6. The van der Waals surface area contributed by atoms with Crippen LogP contribution in [0.2, 0.25) is 0 Å². The molecule has 228 valence electrons. The molecule has 0 aliphatic carbocycles. The monoisotopic (exact) mass is 743 g/mol. The molecule has 2 nitrogen and oxygen atoms in total. The third kappa shape index (κ3) is 12.8. The van der Waals surface area contributed by atoms with Gasteiger partial charge in [-0.05, 0) is 37.1 Å². The van der Waals surface area contributed by atoms with Crippen molar-refractivity contribution in [2.24, 2.45) is 0 Å². The summed E-state index contributed by atoms with van der Waals surface area (Å²) >= 11 is 0. The molecule has 5 rings (SSSR count). The molecule has 0 aromatic heterocycles. The molecule has 0 radical (unpaired) electrons. The molecule has 4 aromatic rings. The summed E-state index contributed by atoms with van der Waals surface area (Å²) in [5.74, 6) is 0. The fourth-order valence-corrected chi connectivity index (χ4v) is 8.82. The number of hydrogen-bond acceptors (Lipinski definition) is 1. The molecule has 0 N–H and O–H groups in total. The first kappa shape index (κ1) is 38.3. The van der Waals surface area contributed by atoms with Gasteiger partial charge in [-0.15, -0.1) is 6.34 Å². The van der Waals surface area contributed by atoms with Crippen LogP contribution in [0.4, 0.5) is 17.3 Å². The van der Waals surface area contributed by atoms with Crippen LogP contribution in [0.5, 0.6) is 0 Å². The van der Waals surface area contributed by atoms with Gasteiger partial charge < -0.3 is 51.6 Å². The van der Waals surface area contributed by atoms with E-state index in [2.05, 4.69) is 137 Å². The van der Waals surface area contributed by atoms with E-state index in [1.54, 1.807) is 0 Å². The van der Waals surface area contributed by atoms with Crippen LogP contribution in [0.1, 0.15) is 6.42 Å². The van der Waals surface area contributed by atoms with Gasteiger partial charge in [0.15, 0.2) is 0 Å². The Morgan fingerprint density at radius 2 is 0.952 bits per heavy atom. The van der Waals surface area contributed by atoms with Crippen molar-refractivity contribution in [2.45, 2.75) is 6.42 Å². The van der Waals surface area contributed by atoms with Crippen molar-refractivity contribution in [3.63, 3.8) is 0 Å². The van der Waals surface area contributed by atoms with Crippen LogP contribution in [-0.4, -0.2) is 48.7 Å². The minimum absolute atomic E-state index is 0. The standard InChI is InChI=1S/C30H30N2P2.BF4.2ClH.Pd/c1-5-14-27(15-6-1)33(28-16-7-2-8-17-28)25-31-22-13-23-32(24-31)26-34(29-18-9-3-10-19-29)30-20-11-4-12-21-30;2-1(3,4)5;;;/h1-12,14-21H,13,22-23,25-26H2;;2*1H;/q;-1;;;/p-2. The second kappa shape index (κ2) is 19.5. The smallest absolute Gasteiger partial charge is 0.673 e. The third-order valence-corrected chi connectivity index (χ3v) is 11.0. The van der Waals surface area contributed by atoms with E-state index in [1.165, 1.54) is 27.6 Å². The minimum Gasteiger partial charge on any atom is -1.00 e. The largest absolute Gasteiger partial charge is 1.00 e. The summed E-state index contributed by atoms with van der Waals surface area (Å²) in [6.07, 6.45) is 6.98. The quantitative estimate of drug-likeness (QED) is 0.0817. The summed E-state index contributed by atoms with van der Waals surface area (Å²) < 4.78 is 41.4. The van der Waals surface area contributed by atoms with Crippen molar-refractivity contribution in [3.8, 4) is 0 Å². The van der Waals surface area contributed by atoms with Gasteiger partial charge in [-0.2, -0.15) is 0 Å². The number of benzene rings is 4. The second-order valence-corrected chi connectivity index (χ2v) is 13.3. The van der Waals surface area contributed by atoms with E-state index >= 15 is 0 Å². The molecule has 0 atom stereocenters. The van der Waals surface area contributed by atoms with Gasteiger partial charge in [-0.25, -0.2) is 0 Å². The van der Waals surface area contributed by atoms with E-state index in [0.717, 1.165) is 25.7 Å². The molecular weight excluding hydrogens is 714 g/mol. The maximum Gasteiger partial charge on any atom is 0.673 e. The second-order valence-electron chi connectivity index (χ2n) is 8.96. The van der Waals surface area contributed by atoms with Gasteiger partial charge in [0.25, 0.3) is 0 Å². The Hall–Kier alpha value is -1.76. The maximum atomic E-state index is 9.75. The first-order valence-corrected chi connectivity index (χ1v) is 15.8. The van der Waals surface area contributed by atoms with Crippen LogP contribution < -0.4 is 46.0 Å². The zero-order valence-corrected chi connectivity index (χ0v) is 27.4. The van der Waals surface area contributed by atoms with Gasteiger partial charge >= 0.3 is 7.25 Å². The number of rotatable bonds is 8. The van der Waals surface area contributed by atoms with Gasteiger partial charge in [0.2, 0.25) is 0 Å². The molecule has 4 aromatic carbocycles. The summed E-state index contributed by atoms with van der Waals surface area (Å²) in [5, 5.41) is 5.72. The van der Waals surface area contributed by atoms with Crippen molar-refractivity contribution in [1.82, 2.24) is 4.90 Å². The van der Waals surface area contributed by atoms with Crippen LogP contribution in [0.3, 0.4) is 0 Å². The predicted octanol–water partition coefficient (Wildman–Crippen LogP) is 0.0962. The number of nitrogens with zero attached hydrogens (tertiary/aromatic N) is 2. The van der Waals surface area contributed by atoms with E-state index < -0.39 is 23.1 Å². The molecule has 0 saturated carbocycles. The molecule has 0 amide bonds. The Kier molecular flexibility index (Phi) is 17.8. The van der Waals surface area contributed by atoms with Crippen LogP contribution in [0.15, 0.2) is 121 Å². The Morgan fingerprint density at radius 3 is 1.31 bits per heavy atom. The molecule has 1 heterocycles. The third-order valence-electron chi connectivity index (χ3n) is 6.03. The van der Waals surface area contributed by atoms with Gasteiger partial charge in [0, 0.05) is 26.8 Å². The van der Waals surface area contributed by atoms with Crippen molar-refractivity contribution >= 4 is 50.7 Å². The Balaban J connectivity index is 0.00000102. The molecule has 0 fully saturated rings. The average Bonchev–Trinajstić information content (AvgIpc) is 2.96. The van der Waals surface area contributed by atoms with Gasteiger partial charge in [-0.3, -0.25) is 0 Å². The van der Waals surface area contributed by atoms with E-state index in [0.29, 0.717) is 0 Å². The molecule has 12 heteroatoms. The van der Waals surface area contributed by atoms with Gasteiger partial charge in [0.05, 0.1) is 25.7 Å². The maximum absolute atomic E-state index is 9.75. The van der Waals surface area contributed by atoms with Gasteiger partial charge in [0.1, 0.15) is 0 Å². The molecular formula is C30H30BCl2F4N2P2Pd-3. The molecule has 1 aliphatic rings. The van der Waals surface area contributed by atoms with Crippen molar-refractivity contribution < 1.29 is 67.1 Å². The zero-order valence-electron chi connectivity index (χ0n) is 22.5. The topological polar surface area (TPSA) is 6.25 Å². The molecule has 0 spiro atoms. The van der Waals surface area contributed by atoms with Crippen LogP contribution in [-0.2, 0) is 20.4 Å². The Morgan fingerprint density at radius 1 is 0.619 bits per heavy atom. The summed E-state index contributed by atoms with van der Waals surface area (Å²) in [5.41, 5.74) is 0. The van der Waals surface area contributed by atoms with Crippen LogP contribution in [0.25, 0.3) is 0 Å². The van der Waals surface area contributed by atoms with Crippen molar-refractivity contribution in [3.05, 3.63) is 121 Å². The normalized spacial score (nSPS) is 12.6. The summed E-state index contributed by atoms with van der Waals surface area (Å²) in [6.45, 7) is 2.15. The van der Waals surface area contributed by atoms with Gasteiger partial charge in [-0.1, -0.05) is 121 Å². The van der Waals surface area contributed by atoms with Crippen LogP contribution >= 0.6 is 15.8 Å². The molecule has 0 unspecified atom stereocenters. The summed E-state index contributed by atoms with van der Waals surface area (Å²) in [4.78, 5) is 2.44. The number of hydrogen-bond donors (Lipinski definition) is 0. The summed E-state index contributed by atoms with van der Waals surface area (Å²) in [6, 6.07) is 44.0. The predicted molar refractivity (Wildman–Crippen MR) is 160 cm³/mol. The summed E-state index contributed by atoms with van der Waals surface area (Å²) in [7, 11) is -6.92. The first-order chi connectivity index (χ1) is 18.9. The zero-order chi connectivity index (χ0) is 27.5. The fraction of sp³-hybridized carbons (Fsp3) is 0.167. The Bertz CT molecular complexity index is 1230. The molecule has 0 bridgehead atoms. The van der Waals surface area contributed by atoms with E-state index in [9.17, 15) is 17.3 Å². The van der Waals surface area contributed by atoms with Crippen molar-refractivity contribution in [1.29, 1.82) is 0 Å². The van der Waals surface area contributed by atoms with Crippen molar-refractivity contribution in [2.75, 3.05) is 25.7 Å². The van der Waals surface area contributed by atoms with Crippen LogP contribution in [0, 0.1) is 0 Å². The van der Waals surface area contributed by atoms with E-state index in [4.69, 9.17) is 0 Å². The fourth-order valence-electron chi connectivity index (χ4n) is 4.36. The first-order valence-electron chi connectivity index (χ1n) is 12.8. The Labute approximate surface area is 274 Å².